The number of H-pyrrole nitrogens is 1. The number of fused-ring (bicyclic) bond motifs is 1. The second-order valence-corrected chi connectivity index (χ2v) is 4.82. The van der Waals surface area contributed by atoms with E-state index in [9.17, 15) is 9.59 Å². The van der Waals surface area contributed by atoms with Gasteiger partial charge in [-0.3, -0.25) is 4.79 Å². The molecule has 0 saturated carbocycles. The maximum atomic E-state index is 12.0. The largest absolute Gasteiger partial charge is 0.477 e. The van der Waals surface area contributed by atoms with Gasteiger partial charge in [0.2, 0.25) is 11.1 Å². The molecule has 0 unspecified atom stereocenters. The number of rotatable bonds is 1. The third kappa shape index (κ3) is 1.71. The zero-order valence-corrected chi connectivity index (χ0v) is 9.70. The highest BCUT2D eigenvalue weighted by molar-refractivity contribution is 5.91. The van der Waals surface area contributed by atoms with Crippen LogP contribution < -0.4 is 5.43 Å². The summed E-state index contributed by atoms with van der Waals surface area (Å²) in [5, 5.41) is 12.9. The number of hydrogen-bond donors (Lipinski definition) is 2. The molecule has 0 aliphatic rings. The Hall–Kier alpha value is -2.11. The predicted molar refractivity (Wildman–Crippen MR) is 60.3 cm³/mol. The van der Waals surface area contributed by atoms with Gasteiger partial charge in [-0.2, -0.15) is 0 Å². The van der Waals surface area contributed by atoms with Crippen molar-refractivity contribution in [3.8, 4) is 0 Å². The van der Waals surface area contributed by atoms with Crippen LogP contribution in [-0.2, 0) is 5.41 Å². The maximum Gasteiger partial charge on any atom is 0.341 e. The highest BCUT2D eigenvalue weighted by atomic mass is 16.5. The minimum absolute atomic E-state index is 0.199. The van der Waals surface area contributed by atoms with E-state index < -0.39 is 16.8 Å². The molecule has 0 amide bonds. The Morgan fingerprint density at radius 2 is 2.12 bits per heavy atom. The Morgan fingerprint density at radius 3 is 2.65 bits per heavy atom. The Kier molecular flexibility index (Phi) is 2.30. The van der Waals surface area contributed by atoms with Crippen molar-refractivity contribution >= 4 is 17.1 Å². The van der Waals surface area contributed by atoms with Crippen molar-refractivity contribution in [3.63, 3.8) is 0 Å². The van der Waals surface area contributed by atoms with Crippen molar-refractivity contribution < 1.29 is 14.4 Å². The van der Waals surface area contributed by atoms with E-state index in [1.165, 1.54) is 0 Å². The highest BCUT2D eigenvalue weighted by Gasteiger charge is 2.26. The van der Waals surface area contributed by atoms with E-state index in [0.29, 0.717) is 5.69 Å². The third-order valence-corrected chi connectivity index (χ3v) is 2.45. The van der Waals surface area contributed by atoms with Gasteiger partial charge in [0.15, 0.2) is 0 Å². The summed E-state index contributed by atoms with van der Waals surface area (Å²) in [5.74, 6) is -1.27. The number of hydrogen-bond acceptors (Lipinski definition) is 4. The Balaban J connectivity index is 2.88. The van der Waals surface area contributed by atoms with Gasteiger partial charge in [-0.05, 0) is 0 Å². The zero-order valence-electron chi connectivity index (χ0n) is 9.70. The number of aromatic nitrogens is 2. The molecule has 2 N–H and O–H groups in total. The van der Waals surface area contributed by atoms with Crippen molar-refractivity contribution in [2.24, 2.45) is 0 Å². The molecule has 0 aliphatic carbocycles. The van der Waals surface area contributed by atoms with Crippen LogP contribution in [0.5, 0.6) is 0 Å². The quantitative estimate of drug-likeness (QED) is 0.782. The molecule has 0 fully saturated rings. The summed E-state index contributed by atoms with van der Waals surface area (Å²) in [6.45, 7) is 5.62. The molecule has 0 saturated heterocycles. The third-order valence-electron chi connectivity index (χ3n) is 2.45. The molecule has 90 valence electrons. The van der Waals surface area contributed by atoms with Gasteiger partial charge in [0.1, 0.15) is 16.6 Å². The number of carboxylic acids is 1. The summed E-state index contributed by atoms with van der Waals surface area (Å²) in [7, 11) is 0. The first-order chi connectivity index (χ1) is 7.82. The van der Waals surface area contributed by atoms with Crippen molar-refractivity contribution in [2.75, 3.05) is 0 Å². The number of aromatic carboxylic acids is 1. The van der Waals surface area contributed by atoms with Crippen molar-refractivity contribution in [2.45, 2.75) is 26.2 Å². The minimum Gasteiger partial charge on any atom is -0.477 e. The van der Waals surface area contributed by atoms with Crippen LogP contribution >= 0.6 is 0 Å². The van der Waals surface area contributed by atoms with E-state index >= 15 is 0 Å². The highest BCUT2D eigenvalue weighted by Crippen LogP contribution is 2.26. The van der Waals surface area contributed by atoms with Crippen molar-refractivity contribution in [3.05, 3.63) is 27.7 Å². The monoisotopic (exact) mass is 236 g/mol. The lowest BCUT2D eigenvalue weighted by Crippen LogP contribution is -2.19. The van der Waals surface area contributed by atoms with Gasteiger partial charge in [-0.25, -0.2) is 4.79 Å². The van der Waals surface area contributed by atoms with Gasteiger partial charge in [0.05, 0.1) is 0 Å². The smallest absolute Gasteiger partial charge is 0.341 e. The van der Waals surface area contributed by atoms with Gasteiger partial charge in [-0.15, -0.1) is 0 Å². The summed E-state index contributed by atoms with van der Waals surface area (Å²) >= 11 is 0. The average Bonchev–Trinajstić information content (AvgIpc) is 2.61. The standard InChI is InChI=1S/C11H12N2O4/c1-11(2,3)8-6-7(14)5(10(15)16)4-12-9(6)17-13-8/h4H,1-3H3,(H,12,14)(H,15,16). The summed E-state index contributed by atoms with van der Waals surface area (Å²) in [6, 6.07) is 0. The molecule has 2 aromatic heterocycles. The van der Waals surface area contributed by atoms with Crippen LogP contribution in [0.15, 0.2) is 15.5 Å². The lowest BCUT2D eigenvalue weighted by molar-refractivity contribution is 0.0695. The molecule has 17 heavy (non-hydrogen) atoms. The van der Waals surface area contributed by atoms with Crippen LogP contribution in [0, 0.1) is 0 Å². The lowest BCUT2D eigenvalue weighted by Gasteiger charge is -2.13. The molecule has 0 spiro atoms. The number of nitrogens with one attached hydrogen (secondary N) is 1. The van der Waals surface area contributed by atoms with Gasteiger partial charge in [-0.1, -0.05) is 25.9 Å². The van der Waals surface area contributed by atoms with Crippen LogP contribution in [0.4, 0.5) is 0 Å². The SMILES string of the molecule is CC(C)(C)c1noc2[nH]cc(C(=O)O)c(=O)c12. The second kappa shape index (κ2) is 3.44. The van der Waals surface area contributed by atoms with E-state index in [0.717, 1.165) is 6.20 Å². The first-order valence-electron chi connectivity index (χ1n) is 5.07. The summed E-state index contributed by atoms with van der Waals surface area (Å²) in [6.07, 6.45) is 1.12. The van der Waals surface area contributed by atoms with Crippen molar-refractivity contribution in [1.29, 1.82) is 0 Å². The van der Waals surface area contributed by atoms with E-state index in [4.69, 9.17) is 9.63 Å². The van der Waals surface area contributed by atoms with Crippen LogP contribution in [0.2, 0.25) is 0 Å². The Labute approximate surface area is 96.2 Å². The molecule has 0 radical (unpaired) electrons. The topological polar surface area (TPSA) is 96.2 Å². The van der Waals surface area contributed by atoms with Gasteiger partial charge >= 0.3 is 5.97 Å². The van der Waals surface area contributed by atoms with E-state index in [2.05, 4.69) is 10.1 Å². The molecule has 2 rings (SSSR count). The number of nitrogens with zero attached hydrogens (tertiary/aromatic N) is 1. The zero-order chi connectivity index (χ0) is 12.8. The van der Waals surface area contributed by atoms with Crippen LogP contribution in [0.3, 0.4) is 0 Å². The van der Waals surface area contributed by atoms with Gasteiger partial charge in [0.25, 0.3) is 0 Å². The Bertz CT molecular complexity index is 646. The second-order valence-electron chi connectivity index (χ2n) is 4.82. The summed E-state index contributed by atoms with van der Waals surface area (Å²) in [4.78, 5) is 25.5. The fourth-order valence-electron chi connectivity index (χ4n) is 1.61. The number of aromatic amines is 1. The maximum absolute atomic E-state index is 12.0. The predicted octanol–water partition coefficient (Wildman–Crippen LogP) is 1.51. The normalized spacial score (nSPS) is 11.9. The molecule has 0 bridgehead atoms. The molecule has 2 heterocycles. The molecule has 0 aliphatic heterocycles. The van der Waals surface area contributed by atoms with Crippen LogP contribution in [0.1, 0.15) is 36.8 Å². The summed E-state index contributed by atoms with van der Waals surface area (Å²) < 4.78 is 4.99. The van der Waals surface area contributed by atoms with Gasteiger partial charge in [0, 0.05) is 11.6 Å². The van der Waals surface area contributed by atoms with Crippen molar-refractivity contribution in [1.82, 2.24) is 10.1 Å². The summed E-state index contributed by atoms with van der Waals surface area (Å²) in [5.41, 5.74) is -0.625. The van der Waals surface area contributed by atoms with E-state index in [1.807, 2.05) is 20.8 Å². The minimum atomic E-state index is -1.27. The number of carbonyl (C=O) groups is 1. The van der Waals surface area contributed by atoms with Gasteiger partial charge < -0.3 is 14.6 Å². The molecule has 2 aromatic rings. The fraction of sp³-hybridized carbons (Fsp3) is 0.364. The molecule has 0 atom stereocenters. The lowest BCUT2D eigenvalue weighted by atomic mass is 9.90. The Morgan fingerprint density at radius 1 is 1.47 bits per heavy atom. The van der Waals surface area contributed by atoms with E-state index in [-0.39, 0.29) is 16.7 Å². The number of pyridine rings is 1. The van der Waals surface area contributed by atoms with Crippen LogP contribution in [-0.4, -0.2) is 21.2 Å². The van der Waals surface area contributed by atoms with E-state index in [1.54, 1.807) is 0 Å². The average molecular weight is 236 g/mol. The molecule has 6 nitrogen and oxygen atoms in total. The number of carboxylic acid groups (broad SMARTS) is 1. The molecular formula is C11H12N2O4. The molecule has 6 heteroatoms. The molecule has 0 aromatic carbocycles. The first kappa shape index (κ1) is 11.4. The van der Waals surface area contributed by atoms with Crippen LogP contribution in [0.25, 0.3) is 11.1 Å². The first-order valence-corrected chi connectivity index (χ1v) is 5.07. The fourth-order valence-corrected chi connectivity index (χ4v) is 1.61. The molecular weight excluding hydrogens is 224 g/mol.